The van der Waals surface area contributed by atoms with E-state index in [4.69, 9.17) is 5.73 Å². The maximum Gasteiger partial charge on any atom is 0.155 e. The molecule has 0 unspecified atom stereocenters. The van der Waals surface area contributed by atoms with Crippen LogP contribution in [0.4, 0.5) is 5.82 Å². The van der Waals surface area contributed by atoms with Crippen molar-refractivity contribution in [3.63, 3.8) is 0 Å². The Labute approximate surface area is 97.4 Å². The number of aryl methyl sites for hydroxylation is 1. The van der Waals surface area contributed by atoms with Crippen molar-refractivity contribution in [3.8, 4) is 0 Å². The number of hydrogen-bond donors (Lipinski definition) is 1. The molecular formula is C12H22N4. The third-order valence-corrected chi connectivity index (χ3v) is 3.95. The summed E-state index contributed by atoms with van der Waals surface area (Å²) in [5, 5.41) is 4.50. The van der Waals surface area contributed by atoms with Crippen LogP contribution in [0.1, 0.15) is 32.3 Å². The highest BCUT2D eigenvalue weighted by Gasteiger charge is 2.41. The maximum absolute atomic E-state index is 5.73. The molecule has 0 bridgehead atoms. The van der Waals surface area contributed by atoms with E-state index in [2.05, 4.69) is 23.8 Å². The fraction of sp³-hybridized carbons (Fsp3) is 0.750. The lowest BCUT2D eigenvalue weighted by Gasteiger charge is -2.50. The number of nitrogens with two attached hydrogens (primary N) is 1. The van der Waals surface area contributed by atoms with Gasteiger partial charge in [0.25, 0.3) is 0 Å². The van der Waals surface area contributed by atoms with Gasteiger partial charge in [-0.3, -0.25) is 4.68 Å². The zero-order chi connectivity index (χ0) is 11.8. The Morgan fingerprint density at radius 2 is 2.00 bits per heavy atom. The fourth-order valence-electron chi connectivity index (χ4n) is 2.55. The van der Waals surface area contributed by atoms with Crippen LogP contribution in [0.5, 0.6) is 0 Å². The Bertz CT molecular complexity index is 357. The van der Waals surface area contributed by atoms with Crippen LogP contribution in [0, 0.1) is 5.41 Å². The molecule has 2 N–H and O–H groups in total. The van der Waals surface area contributed by atoms with Crippen molar-refractivity contribution in [1.29, 1.82) is 0 Å². The normalized spacial score (nSPS) is 18.6. The summed E-state index contributed by atoms with van der Waals surface area (Å²) in [7, 11) is 1.95. The molecule has 2 heterocycles. The standard InChI is InChI=1S/C12H22N4/c1-4-12(5-2)8-16(9-12)11-10(6-13)7-15(3)14-11/h7H,4-6,8-9,13H2,1-3H3. The van der Waals surface area contributed by atoms with Gasteiger partial charge in [-0.25, -0.2) is 0 Å². The third kappa shape index (κ3) is 1.71. The van der Waals surface area contributed by atoms with E-state index in [9.17, 15) is 0 Å². The number of nitrogens with zero attached hydrogens (tertiary/aromatic N) is 3. The van der Waals surface area contributed by atoms with E-state index >= 15 is 0 Å². The van der Waals surface area contributed by atoms with Crippen LogP contribution in [0.15, 0.2) is 6.20 Å². The van der Waals surface area contributed by atoms with E-state index in [-0.39, 0.29) is 0 Å². The second-order valence-corrected chi connectivity index (χ2v) is 4.92. The van der Waals surface area contributed by atoms with E-state index in [0.717, 1.165) is 24.5 Å². The van der Waals surface area contributed by atoms with Gasteiger partial charge in [0.1, 0.15) is 0 Å². The molecule has 16 heavy (non-hydrogen) atoms. The zero-order valence-electron chi connectivity index (χ0n) is 10.5. The molecule has 1 saturated heterocycles. The minimum absolute atomic E-state index is 0.517. The number of aromatic nitrogens is 2. The Morgan fingerprint density at radius 3 is 2.50 bits per heavy atom. The minimum atomic E-state index is 0.517. The highest BCUT2D eigenvalue weighted by Crippen LogP contribution is 2.40. The van der Waals surface area contributed by atoms with E-state index in [1.807, 2.05) is 17.9 Å². The van der Waals surface area contributed by atoms with Gasteiger partial charge in [0.05, 0.1) is 0 Å². The van der Waals surface area contributed by atoms with Crippen LogP contribution in [-0.2, 0) is 13.6 Å². The third-order valence-electron chi connectivity index (χ3n) is 3.95. The zero-order valence-corrected chi connectivity index (χ0v) is 10.5. The van der Waals surface area contributed by atoms with Gasteiger partial charge in [0.2, 0.25) is 0 Å². The van der Waals surface area contributed by atoms with Crippen LogP contribution in [0.2, 0.25) is 0 Å². The van der Waals surface area contributed by atoms with Crippen molar-refractivity contribution in [3.05, 3.63) is 11.8 Å². The monoisotopic (exact) mass is 222 g/mol. The molecule has 0 atom stereocenters. The molecule has 1 aromatic rings. The van der Waals surface area contributed by atoms with Crippen molar-refractivity contribution >= 4 is 5.82 Å². The number of rotatable bonds is 4. The quantitative estimate of drug-likeness (QED) is 0.840. The van der Waals surface area contributed by atoms with E-state index in [1.54, 1.807) is 0 Å². The van der Waals surface area contributed by atoms with E-state index < -0.39 is 0 Å². The average Bonchev–Trinajstić information content (AvgIpc) is 2.60. The summed E-state index contributed by atoms with van der Waals surface area (Å²) >= 11 is 0. The fourth-order valence-corrected chi connectivity index (χ4v) is 2.55. The highest BCUT2D eigenvalue weighted by molar-refractivity contribution is 5.49. The molecule has 1 aromatic heterocycles. The molecule has 2 rings (SSSR count). The topological polar surface area (TPSA) is 47.1 Å². The first-order chi connectivity index (χ1) is 7.64. The summed E-state index contributed by atoms with van der Waals surface area (Å²) in [6, 6.07) is 0. The Hall–Kier alpha value is -1.03. The van der Waals surface area contributed by atoms with Gasteiger partial charge in [0, 0.05) is 43.9 Å². The molecule has 4 heteroatoms. The predicted octanol–water partition coefficient (Wildman–Crippen LogP) is 1.51. The maximum atomic E-state index is 5.73. The highest BCUT2D eigenvalue weighted by atomic mass is 15.4. The van der Waals surface area contributed by atoms with Gasteiger partial charge in [-0.1, -0.05) is 13.8 Å². The second-order valence-electron chi connectivity index (χ2n) is 4.92. The van der Waals surface area contributed by atoms with Crippen LogP contribution in [0.3, 0.4) is 0 Å². The average molecular weight is 222 g/mol. The smallest absolute Gasteiger partial charge is 0.155 e. The lowest BCUT2D eigenvalue weighted by molar-refractivity contribution is 0.193. The molecule has 4 nitrogen and oxygen atoms in total. The SMILES string of the molecule is CCC1(CC)CN(c2nn(C)cc2CN)C1. The first kappa shape index (κ1) is 11.5. The molecule has 0 aliphatic carbocycles. The summed E-state index contributed by atoms with van der Waals surface area (Å²) < 4.78 is 1.86. The lowest BCUT2D eigenvalue weighted by Crippen LogP contribution is -2.56. The van der Waals surface area contributed by atoms with Crippen molar-refractivity contribution in [2.24, 2.45) is 18.2 Å². The summed E-state index contributed by atoms with van der Waals surface area (Å²) in [6.45, 7) is 7.39. The Balaban J connectivity index is 2.11. The Morgan fingerprint density at radius 1 is 1.38 bits per heavy atom. The molecule has 1 fully saturated rings. The van der Waals surface area contributed by atoms with Crippen molar-refractivity contribution < 1.29 is 0 Å². The molecule has 0 radical (unpaired) electrons. The molecule has 0 amide bonds. The first-order valence-electron chi connectivity index (χ1n) is 6.11. The molecule has 90 valence electrons. The summed E-state index contributed by atoms with van der Waals surface area (Å²) in [4.78, 5) is 2.36. The molecular weight excluding hydrogens is 200 g/mol. The minimum Gasteiger partial charge on any atom is -0.354 e. The lowest BCUT2D eigenvalue weighted by atomic mass is 9.75. The summed E-state index contributed by atoms with van der Waals surface area (Å²) in [5.74, 6) is 1.09. The molecule has 0 spiro atoms. The number of anilines is 1. The van der Waals surface area contributed by atoms with Crippen molar-refractivity contribution in [1.82, 2.24) is 9.78 Å². The number of hydrogen-bond acceptors (Lipinski definition) is 3. The van der Waals surface area contributed by atoms with Gasteiger partial charge in [-0.05, 0) is 12.8 Å². The first-order valence-corrected chi connectivity index (χ1v) is 6.11. The molecule has 0 saturated carbocycles. The predicted molar refractivity (Wildman–Crippen MR) is 66.3 cm³/mol. The van der Waals surface area contributed by atoms with Crippen LogP contribution >= 0.6 is 0 Å². The molecule has 1 aliphatic rings. The van der Waals surface area contributed by atoms with E-state index in [1.165, 1.54) is 12.8 Å². The van der Waals surface area contributed by atoms with Gasteiger partial charge < -0.3 is 10.6 Å². The molecule has 0 aromatic carbocycles. The van der Waals surface area contributed by atoms with Gasteiger partial charge >= 0.3 is 0 Å². The molecule has 1 aliphatic heterocycles. The van der Waals surface area contributed by atoms with Crippen LogP contribution in [0.25, 0.3) is 0 Å². The van der Waals surface area contributed by atoms with E-state index in [0.29, 0.717) is 12.0 Å². The van der Waals surface area contributed by atoms with Crippen LogP contribution in [-0.4, -0.2) is 22.9 Å². The van der Waals surface area contributed by atoms with Gasteiger partial charge in [0.15, 0.2) is 5.82 Å². The van der Waals surface area contributed by atoms with Crippen molar-refractivity contribution in [2.45, 2.75) is 33.2 Å². The second kappa shape index (κ2) is 4.09. The van der Waals surface area contributed by atoms with Gasteiger partial charge in [-0.15, -0.1) is 0 Å². The Kier molecular flexibility index (Phi) is 2.93. The summed E-state index contributed by atoms with van der Waals surface area (Å²) in [5.41, 5.74) is 7.41. The van der Waals surface area contributed by atoms with Gasteiger partial charge in [-0.2, -0.15) is 5.10 Å². The summed E-state index contributed by atoms with van der Waals surface area (Å²) in [6.07, 6.45) is 4.53. The van der Waals surface area contributed by atoms with Crippen LogP contribution < -0.4 is 10.6 Å². The van der Waals surface area contributed by atoms with Crippen molar-refractivity contribution in [2.75, 3.05) is 18.0 Å². The largest absolute Gasteiger partial charge is 0.354 e.